The van der Waals surface area contributed by atoms with Crippen molar-refractivity contribution < 1.29 is 4.79 Å². The molecule has 0 aliphatic heterocycles. The van der Waals surface area contributed by atoms with Gasteiger partial charge in [-0.05, 0) is 41.9 Å². The van der Waals surface area contributed by atoms with E-state index < -0.39 is 5.91 Å². The van der Waals surface area contributed by atoms with E-state index in [1.807, 2.05) is 13.8 Å². The van der Waals surface area contributed by atoms with Gasteiger partial charge < -0.3 is 5.32 Å². The van der Waals surface area contributed by atoms with Crippen LogP contribution in [0.15, 0.2) is 29.0 Å². The van der Waals surface area contributed by atoms with Gasteiger partial charge in [-0.3, -0.25) is 9.48 Å². The van der Waals surface area contributed by atoms with E-state index in [0.29, 0.717) is 11.7 Å². The molecule has 0 atom stereocenters. The standard InChI is InChI=1S/C15H13BrCl2N6O/c1-8-13(16)9(2)24(21-8)7-23-4-3-12(22-23)15(25)20-14-11(18)5-10(17)6-19-14/h3-6H,7H2,1-2H3,(H,19,20,25). The van der Waals surface area contributed by atoms with Crippen molar-refractivity contribution in [1.82, 2.24) is 24.5 Å². The Hall–Kier alpha value is -1.90. The van der Waals surface area contributed by atoms with Gasteiger partial charge in [-0.25, -0.2) is 9.67 Å². The minimum Gasteiger partial charge on any atom is -0.304 e. The molecule has 3 rings (SSSR count). The van der Waals surface area contributed by atoms with Crippen molar-refractivity contribution >= 4 is 50.9 Å². The van der Waals surface area contributed by atoms with Gasteiger partial charge in [0.15, 0.2) is 11.5 Å². The second kappa shape index (κ2) is 7.15. The summed E-state index contributed by atoms with van der Waals surface area (Å²) in [5, 5.41) is 11.9. The van der Waals surface area contributed by atoms with Crippen LogP contribution in [-0.2, 0) is 6.67 Å². The van der Waals surface area contributed by atoms with Crippen molar-refractivity contribution in [3.63, 3.8) is 0 Å². The van der Waals surface area contributed by atoms with Gasteiger partial charge in [0.25, 0.3) is 5.91 Å². The van der Waals surface area contributed by atoms with Crippen LogP contribution >= 0.6 is 39.1 Å². The Labute approximate surface area is 162 Å². The highest BCUT2D eigenvalue weighted by molar-refractivity contribution is 9.10. The quantitative estimate of drug-likeness (QED) is 0.662. The molecule has 0 radical (unpaired) electrons. The monoisotopic (exact) mass is 442 g/mol. The minimum absolute atomic E-state index is 0.230. The average molecular weight is 444 g/mol. The van der Waals surface area contributed by atoms with E-state index in [9.17, 15) is 4.79 Å². The molecular formula is C15H13BrCl2N6O. The number of amides is 1. The second-order valence-corrected chi connectivity index (χ2v) is 6.94. The minimum atomic E-state index is -0.412. The van der Waals surface area contributed by atoms with Crippen molar-refractivity contribution in [3.05, 3.63) is 56.1 Å². The van der Waals surface area contributed by atoms with Gasteiger partial charge in [-0.15, -0.1) is 0 Å². The molecule has 7 nitrogen and oxygen atoms in total. The fraction of sp³-hybridized carbons (Fsp3) is 0.200. The molecule has 25 heavy (non-hydrogen) atoms. The number of hydrogen-bond donors (Lipinski definition) is 1. The summed E-state index contributed by atoms with van der Waals surface area (Å²) >= 11 is 15.3. The first-order valence-electron chi connectivity index (χ1n) is 7.20. The molecule has 0 unspecified atom stereocenters. The molecule has 0 aliphatic carbocycles. The summed E-state index contributed by atoms with van der Waals surface area (Å²) in [6, 6.07) is 3.12. The van der Waals surface area contributed by atoms with E-state index in [0.717, 1.165) is 15.9 Å². The number of nitrogens with zero attached hydrogens (tertiary/aromatic N) is 5. The normalized spacial score (nSPS) is 10.9. The average Bonchev–Trinajstić information content (AvgIpc) is 3.12. The first-order chi connectivity index (χ1) is 11.8. The molecular weight excluding hydrogens is 431 g/mol. The summed E-state index contributed by atoms with van der Waals surface area (Å²) < 4.78 is 4.38. The number of carbonyl (C=O) groups is 1. The number of anilines is 1. The first-order valence-corrected chi connectivity index (χ1v) is 8.75. The maximum absolute atomic E-state index is 12.3. The molecule has 3 heterocycles. The Kier molecular flexibility index (Phi) is 5.12. The van der Waals surface area contributed by atoms with Crippen LogP contribution < -0.4 is 5.32 Å². The summed E-state index contributed by atoms with van der Waals surface area (Å²) in [6.45, 7) is 4.26. The van der Waals surface area contributed by atoms with Crippen molar-refractivity contribution in [1.29, 1.82) is 0 Å². The fourth-order valence-electron chi connectivity index (χ4n) is 2.19. The molecule has 0 aromatic carbocycles. The Morgan fingerprint density at radius 1 is 1.32 bits per heavy atom. The summed E-state index contributed by atoms with van der Waals surface area (Å²) in [6.07, 6.45) is 3.11. The van der Waals surface area contributed by atoms with Crippen LogP contribution in [0.5, 0.6) is 0 Å². The molecule has 3 aromatic heterocycles. The smallest absolute Gasteiger partial charge is 0.277 e. The summed E-state index contributed by atoms with van der Waals surface area (Å²) in [7, 11) is 0. The molecule has 0 fully saturated rings. The van der Waals surface area contributed by atoms with E-state index in [-0.39, 0.29) is 16.5 Å². The lowest BCUT2D eigenvalue weighted by Gasteiger charge is -2.06. The van der Waals surface area contributed by atoms with Gasteiger partial charge in [0.2, 0.25) is 0 Å². The summed E-state index contributed by atoms with van der Waals surface area (Å²) in [5.74, 6) is -0.182. The lowest BCUT2D eigenvalue weighted by Crippen LogP contribution is -2.16. The maximum Gasteiger partial charge on any atom is 0.277 e. The van der Waals surface area contributed by atoms with Gasteiger partial charge >= 0.3 is 0 Å². The Morgan fingerprint density at radius 2 is 2.08 bits per heavy atom. The van der Waals surface area contributed by atoms with E-state index in [1.54, 1.807) is 21.6 Å². The summed E-state index contributed by atoms with van der Waals surface area (Å²) in [5.41, 5.74) is 2.12. The highest BCUT2D eigenvalue weighted by Crippen LogP contribution is 2.23. The zero-order chi connectivity index (χ0) is 18.1. The molecule has 0 spiro atoms. The third-order valence-electron chi connectivity index (χ3n) is 3.49. The van der Waals surface area contributed by atoms with Gasteiger partial charge in [-0.1, -0.05) is 23.2 Å². The van der Waals surface area contributed by atoms with Crippen LogP contribution in [0.3, 0.4) is 0 Å². The first kappa shape index (κ1) is 17.9. The Bertz CT molecular complexity index is 952. The summed E-state index contributed by atoms with van der Waals surface area (Å²) in [4.78, 5) is 16.3. The Balaban J connectivity index is 1.74. The number of aromatic nitrogens is 5. The predicted octanol–water partition coefficient (Wildman–Crippen LogP) is 3.92. The van der Waals surface area contributed by atoms with E-state index in [2.05, 4.69) is 36.4 Å². The van der Waals surface area contributed by atoms with Crippen molar-refractivity contribution in [2.75, 3.05) is 5.32 Å². The number of halogens is 3. The number of aryl methyl sites for hydroxylation is 1. The molecule has 0 saturated carbocycles. The van der Waals surface area contributed by atoms with Crippen molar-refractivity contribution in [2.45, 2.75) is 20.5 Å². The third-order valence-corrected chi connectivity index (χ3v) is 5.13. The number of pyridine rings is 1. The van der Waals surface area contributed by atoms with Gasteiger partial charge in [0.05, 0.1) is 25.9 Å². The molecule has 0 saturated heterocycles. The van der Waals surface area contributed by atoms with Crippen LogP contribution in [0.25, 0.3) is 0 Å². The van der Waals surface area contributed by atoms with Crippen molar-refractivity contribution in [3.8, 4) is 0 Å². The highest BCUT2D eigenvalue weighted by Gasteiger charge is 2.14. The zero-order valence-corrected chi connectivity index (χ0v) is 16.4. The molecule has 3 aromatic rings. The van der Waals surface area contributed by atoms with Gasteiger partial charge in [-0.2, -0.15) is 10.2 Å². The molecule has 10 heteroatoms. The fourth-order valence-corrected chi connectivity index (χ4v) is 2.90. The highest BCUT2D eigenvalue weighted by atomic mass is 79.9. The molecule has 0 aliphatic rings. The molecule has 1 N–H and O–H groups in total. The lowest BCUT2D eigenvalue weighted by molar-refractivity contribution is 0.102. The van der Waals surface area contributed by atoms with Crippen LogP contribution in [0.4, 0.5) is 5.82 Å². The van der Waals surface area contributed by atoms with Gasteiger partial charge in [0, 0.05) is 12.4 Å². The van der Waals surface area contributed by atoms with Crippen molar-refractivity contribution in [2.24, 2.45) is 0 Å². The molecule has 0 bridgehead atoms. The zero-order valence-electron chi connectivity index (χ0n) is 13.3. The maximum atomic E-state index is 12.3. The molecule has 130 valence electrons. The predicted molar refractivity (Wildman–Crippen MR) is 99.2 cm³/mol. The van der Waals surface area contributed by atoms with Crippen LogP contribution in [0.2, 0.25) is 10.0 Å². The Morgan fingerprint density at radius 3 is 2.72 bits per heavy atom. The number of hydrogen-bond acceptors (Lipinski definition) is 4. The number of rotatable bonds is 4. The third kappa shape index (κ3) is 3.86. The lowest BCUT2D eigenvalue weighted by atomic mass is 10.4. The SMILES string of the molecule is Cc1nn(Cn2ccc(C(=O)Nc3ncc(Cl)cc3Cl)n2)c(C)c1Br. The van der Waals surface area contributed by atoms with Crippen LogP contribution in [-0.4, -0.2) is 30.5 Å². The number of nitrogens with one attached hydrogen (secondary N) is 1. The van der Waals surface area contributed by atoms with Crippen LogP contribution in [0, 0.1) is 13.8 Å². The van der Waals surface area contributed by atoms with E-state index in [1.165, 1.54) is 12.3 Å². The van der Waals surface area contributed by atoms with Crippen LogP contribution in [0.1, 0.15) is 21.9 Å². The second-order valence-electron chi connectivity index (χ2n) is 5.30. The van der Waals surface area contributed by atoms with E-state index in [4.69, 9.17) is 23.2 Å². The molecule has 1 amide bonds. The van der Waals surface area contributed by atoms with E-state index >= 15 is 0 Å². The topological polar surface area (TPSA) is 77.6 Å². The largest absolute Gasteiger partial charge is 0.304 e. The van der Waals surface area contributed by atoms with Gasteiger partial charge in [0.1, 0.15) is 6.67 Å². The number of carbonyl (C=O) groups excluding carboxylic acids is 1.